The molecule has 1 aromatic heterocycles. The topological polar surface area (TPSA) is 67.3 Å². The zero-order valence-corrected chi connectivity index (χ0v) is 20.2. The summed E-state index contributed by atoms with van der Waals surface area (Å²) in [4.78, 5) is 19.3. The van der Waals surface area contributed by atoms with Crippen molar-refractivity contribution in [3.63, 3.8) is 0 Å². The van der Waals surface area contributed by atoms with Crippen molar-refractivity contribution in [2.24, 2.45) is 10.8 Å². The van der Waals surface area contributed by atoms with E-state index >= 15 is 0 Å². The summed E-state index contributed by atoms with van der Waals surface area (Å²) in [6.07, 6.45) is 6.05. The standard InChI is InChI=1S/C23H26Cl2N2O3S/c1-22(2)8-17-9-23(3,13-22)14-27(17)21(28)16-7-15(10-26-11-16)12-31(29,30)20-18(24)5-4-6-19(20)25/h4-7,10-11,17H,8-9,12-14H2,1-3H3/t17-,23-/m1/s1. The molecule has 0 spiro atoms. The van der Waals surface area contributed by atoms with Crippen LogP contribution >= 0.6 is 23.2 Å². The van der Waals surface area contributed by atoms with E-state index in [1.165, 1.54) is 24.5 Å². The average molecular weight is 481 g/mol. The summed E-state index contributed by atoms with van der Waals surface area (Å²) >= 11 is 12.2. The number of fused-ring (bicyclic) bond motifs is 2. The number of carbonyl (C=O) groups is 1. The summed E-state index contributed by atoms with van der Waals surface area (Å²) in [6.45, 7) is 7.50. The van der Waals surface area contributed by atoms with Crippen molar-refractivity contribution >= 4 is 38.9 Å². The lowest BCUT2D eigenvalue weighted by Crippen LogP contribution is -2.37. The van der Waals surface area contributed by atoms with Crippen LogP contribution in [-0.4, -0.2) is 36.8 Å². The van der Waals surface area contributed by atoms with E-state index in [2.05, 4.69) is 25.8 Å². The molecule has 2 bridgehead atoms. The number of carbonyl (C=O) groups excluding carboxylic acids is 1. The quantitative estimate of drug-likeness (QED) is 0.586. The fraction of sp³-hybridized carbons (Fsp3) is 0.478. The highest BCUT2D eigenvalue weighted by atomic mass is 35.5. The maximum atomic E-state index is 13.3. The maximum Gasteiger partial charge on any atom is 0.255 e. The second-order valence-corrected chi connectivity index (χ2v) is 12.8. The molecule has 31 heavy (non-hydrogen) atoms. The summed E-state index contributed by atoms with van der Waals surface area (Å²) in [5.74, 6) is -0.424. The van der Waals surface area contributed by atoms with Crippen molar-refractivity contribution in [1.29, 1.82) is 0 Å². The number of likely N-dealkylation sites (tertiary alicyclic amines) is 1. The molecule has 0 radical (unpaired) electrons. The average Bonchev–Trinajstić information content (AvgIpc) is 2.89. The Kier molecular flexibility index (Phi) is 5.64. The highest BCUT2D eigenvalue weighted by Crippen LogP contribution is 2.52. The number of aromatic nitrogens is 1. The summed E-state index contributed by atoms with van der Waals surface area (Å²) in [5.41, 5.74) is 1.16. The zero-order valence-electron chi connectivity index (χ0n) is 17.9. The molecule has 0 N–H and O–H groups in total. The fourth-order valence-electron chi connectivity index (χ4n) is 5.62. The Balaban J connectivity index is 1.59. The molecule has 1 aromatic carbocycles. The van der Waals surface area contributed by atoms with Crippen LogP contribution in [-0.2, 0) is 15.6 Å². The molecule has 4 rings (SSSR count). The number of sulfone groups is 1. The van der Waals surface area contributed by atoms with Crippen LogP contribution < -0.4 is 0 Å². The zero-order chi connectivity index (χ0) is 22.6. The largest absolute Gasteiger partial charge is 0.335 e. The molecule has 2 fully saturated rings. The summed E-state index contributed by atoms with van der Waals surface area (Å²) in [5, 5.41) is 0.154. The molecular weight excluding hydrogens is 455 g/mol. The van der Waals surface area contributed by atoms with Crippen LogP contribution in [0.3, 0.4) is 0 Å². The van der Waals surface area contributed by atoms with Crippen LogP contribution in [0.25, 0.3) is 0 Å². The molecule has 2 heterocycles. The van der Waals surface area contributed by atoms with E-state index in [-0.39, 0.29) is 43.5 Å². The van der Waals surface area contributed by atoms with Crippen molar-refractivity contribution in [3.8, 4) is 0 Å². The normalized spacial score (nSPS) is 24.9. The van der Waals surface area contributed by atoms with Crippen molar-refractivity contribution in [1.82, 2.24) is 9.88 Å². The van der Waals surface area contributed by atoms with E-state index < -0.39 is 9.84 Å². The summed E-state index contributed by atoms with van der Waals surface area (Å²) in [7, 11) is -3.80. The van der Waals surface area contributed by atoms with Gasteiger partial charge in [-0.15, -0.1) is 0 Å². The van der Waals surface area contributed by atoms with Gasteiger partial charge in [-0.05, 0) is 53.9 Å². The molecule has 2 aliphatic rings. The van der Waals surface area contributed by atoms with E-state index in [0.717, 1.165) is 25.8 Å². The Bertz CT molecular complexity index is 1130. The van der Waals surface area contributed by atoms with Crippen molar-refractivity contribution in [2.75, 3.05) is 6.54 Å². The van der Waals surface area contributed by atoms with Gasteiger partial charge in [-0.2, -0.15) is 0 Å². The lowest BCUT2D eigenvalue weighted by molar-refractivity contribution is 0.0707. The third-order valence-electron chi connectivity index (χ3n) is 6.30. The minimum absolute atomic E-state index is 0.0768. The molecule has 1 aliphatic heterocycles. The third kappa shape index (κ3) is 4.48. The summed E-state index contributed by atoms with van der Waals surface area (Å²) < 4.78 is 25.9. The van der Waals surface area contributed by atoms with Gasteiger partial charge in [0.25, 0.3) is 5.91 Å². The van der Waals surface area contributed by atoms with Crippen molar-refractivity contribution < 1.29 is 13.2 Å². The van der Waals surface area contributed by atoms with E-state index in [1.807, 2.05) is 4.90 Å². The molecule has 2 aromatic rings. The molecule has 166 valence electrons. The lowest BCUT2D eigenvalue weighted by atomic mass is 9.65. The van der Waals surface area contributed by atoms with Crippen LogP contribution in [0, 0.1) is 10.8 Å². The first-order valence-corrected chi connectivity index (χ1v) is 12.7. The van der Waals surface area contributed by atoms with Crippen LogP contribution in [0.15, 0.2) is 41.6 Å². The highest BCUT2D eigenvalue weighted by Gasteiger charge is 2.51. The van der Waals surface area contributed by atoms with E-state index in [9.17, 15) is 13.2 Å². The number of rotatable bonds is 4. The number of benzene rings is 1. The molecule has 1 aliphatic carbocycles. The molecular formula is C23H26Cl2N2O3S. The first-order valence-electron chi connectivity index (χ1n) is 10.3. The van der Waals surface area contributed by atoms with Gasteiger partial charge in [0.2, 0.25) is 0 Å². The predicted octanol–water partition coefficient (Wildman–Crippen LogP) is 5.40. The van der Waals surface area contributed by atoms with Gasteiger partial charge >= 0.3 is 0 Å². The Morgan fingerprint density at radius 3 is 2.52 bits per heavy atom. The van der Waals surface area contributed by atoms with Gasteiger partial charge in [0, 0.05) is 25.0 Å². The first kappa shape index (κ1) is 22.6. The molecule has 0 unspecified atom stereocenters. The van der Waals surface area contributed by atoms with Gasteiger partial charge in [0.15, 0.2) is 9.84 Å². The van der Waals surface area contributed by atoms with Gasteiger partial charge in [-0.3, -0.25) is 9.78 Å². The van der Waals surface area contributed by atoms with Crippen LogP contribution in [0.1, 0.15) is 56.0 Å². The monoisotopic (exact) mass is 480 g/mol. The van der Waals surface area contributed by atoms with Gasteiger partial charge in [0.05, 0.1) is 21.4 Å². The number of halogens is 2. The minimum atomic E-state index is -3.80. The van der Waals surface area contributed by atoms with Gasteiger partial charge in [-0.1, -0.05) is 50.0 Å². The fourth-order valence-corrected chi connectivity index (χ4v) is 8.19. The number of amides is 1. The van der Waals surface area contributed by atoms with Crippen LogP contribution in [0.4, 0.5) is 0 Å². The third-order valence-corrected chi connectivity index (χ3v) is 8.93. The molecule has 2 atom stereocenters. The first-order chi connectivity index (χ1) is 14.4. The Labute approximate surface area is 193 Å². The Morgan fingerprint density at radius 1 is 1.16 bits per heavy atom. The van der Waals surface area contributed by atoms with Crippen molar-refractivity contribution in [3.05, 3.63) is 57.8 Å². The number of nitrogens with zero attached hydrogens (tertiary/aromatic N) is 2. The van der Waals surface area contributed by atoms with Gasteiger partial charge in [0.1, 0.15) is 4.90 Å². The highest BCUT2D eigenvalue weighted by molar-refractivity contribution is 7.90. The van der Waals surface area contributed by atoms with E-state index in [1.54, 1.807) is 12.1 Å². The van der Waals surface area contributed by atoms with Gasteiger partial charge in [-0.25, -0.2) is 8.42 Å². The van der Waals surface area contributed by atoms with Crippen LogP contribution in [0.2, 0.25) is 10.0 Å². The molecule has 1 saturated heterocycles. The summed E-state index contributed by atoms with van der Waals surface area (Å²) in [6, 6.07) is 6.40. The number of pyridine rings is 1. The SMILES string of the molecule is CC1(C)C[C@@H]2C[C@@](C)(CN2C(=O)c2cncc(CS(=O)(=O)c3c(Cl)cccc3Cl)c2)C1. The molecule has 1 amide bonds. The Hall–Kier alpha value is -1.63. The Morgan fingerprint density at radius 2 is 1.84 bits per heavy atom. The van der Waals surface area contributed by atoms with Crippen LogP contribution in [0.5, 0.6) is 0 Å². The smallest absolute Gasteiger partial charge is 0.255 e. The second kappa shape index (κ2) is 7.75. The number of hydrogen-bond donors (Lipinski definition) is 0. The number of hydrogen-bond acceptors (Lipinski definition) is 4. The van der Waals surface area contributed by atoms with E-state index in [4.69, 9.17) is 23.2 Å². The maximum absolute atomic E-state index is 13.3. The predicted molar refractivity (Wildman–Crippen MR) is 122 cm³/mol. The van der Waals surface area contributed by atoms with Crippen molar-refractivity contribution in [2.45, 2.75) is 56.7 Å². The van der Waals surface area contributed by atoms with Gasteiger partial charge < -0.3 is 4.90 Å². The molecule has 8 heteroatoms. The molecule has 1 saturated carbocycles. The lowest BCUT2D eigenvalue weighted by Gasteiger charge is -2.39. The molecule has 5 nitrogen and oxygen atoms in total. The second-order valence-electron chi connectivity index (χ2n) is 10.0. The van der Waals surface area contributed by atoms with E-state index in [0.29, 0.717) is 11.1 Å². The minimum Gasteiger partial charge on any atom is -0.335 e.